The number of benzene rings is 2. The highest BCUT2D eigenvalue weighted by molar-refractivity contribution is 5.87. The zero-order chi connectivity index (χ0) is 21.1. The predicted molar refractivity (Wildman–Crippen MR) is 130 cm³/mol. The molecule has 31 heavy (non-hydrogen) atoms. The number of hydrogen-bond acceptors (Lipinski definition) is 2. The first-order valence-electron chi connectivity index (χ1n) is 10.2. The highest BCUT2D eigenvalue weighted by Crippen LogP contribution is 2.32. The zero-order valence-corrected chi connectivity index (χ0v) is 18.6. The number of allylic oxidation sites excluding steroid dienone is 1. The third kappa shape index (κ3) is 4.64. The summed E-state index contributed by atoms with van der Waals surface area (Å²) in [4.78, 5) is 4.82. The topological polar surface area (TPSA) is 29.9 Å². The molecule has 0 bridgehead atoms. The van der Waals surface area contributed by atoms with Gasteiger partial charge in [-0.3, -0.25) is 4.98 Å². The number of nitrogens with one attached hydrogen (secondary N) is 1. The number of aryl methyl sites for hydroxylation is 1. The average Bonchev–Trinajstić information content (AvgIpc) is 3.01. The van der Waals surface area contributed by atoms with Crippen molar-refractivity contribution in [2.24, 2.45) is 0 Å². The SMILES string of the molecule is C=CCn1c(C)c(C)c2ccnc(C(Cc3ccccc3)Nc3ccc(F)cc3)c21.Cl. The lowest BCUT2D eigenvalue weighted by Crippen LogP contribution is -2.17. The van der Waals surface area contributed by atoms with Crippen LogP contribution in [-0.2, 0) is 13.0 Å². The number of hydrogen-bond donors (Lipinski definition) is 1. The molecular formula is C26H27ClFN3. The van der Waals surface area contributed by atoms with Crippen LogP contribution in [0.5, 0.6) is 0 Å². The molecule has 1 atom stereocenters. The monoisotopic (exact) mass is 435 g/mol. The van der Waals surface area contributed by atoms with Gasteiger partial charge in [-0.2, -0.15) is 0 Å². The number of rotatable bonds is 7. The Morgan fingerprint density at radius 2 is 1.77 bits per heavy atom. The predicted octanol–water partition coefficient (Wildman–Crippen LogP) is 6.80. The zero-order valence-electron chi connectivity index (χ0n) is 17.8. The minimum absolute atomic E-state index is 0. The Morgan fingerprint density at radius 1 is 1.06 bits per heavy atom. The third-order valence-electron chi connectivity index (χ3n) is 5.68. The Balaban J connectivity index is 0.00000272. The number of pyridine rings is 1. The van der Waals surface area contributed by atoms with Crippen molar-refractivity contribution in [3.8, 4) is 0 Å². The lowest BCUT2D eigenvalue weighted by atomic mass is 10.0. The van der Waals surface area contributed by atoms with Crippen LogP contribution in [0.15, 0.2) is 79.5 Å². The first-order chi connectivity index (χ1) is 14.6. The van der Waals surface area contributed by atoms with Crippen molar-refractivity contribution in [3.63, 3.8) is 0 Å². The van der Waals surface area contributed by atoms with Gasteiger partial charge in [0.25, 0.3) is 0 Å². The van der Waals surface area contributed by atoms with Crippen LogP contribution in [0.2, 0.25) is 0 Å². The third-order valence-corrected chi connectivity index (χ3v) is 5.68. The maximum Gasteiger partial charge on any atom is 0.123 e. The summed E-state index contributed by atoms with van der Waals surface area (Å²) in [5.41, 5.74) is 6.68. The summed E-state index contributed by atoms with van der Waals surface area (Å²) >= 11 is 0. The lowest BCUT2D eigenvalue weighted by molar-refractivity contribution is 0.627. The van der Waals surface area contributed by atoms with E-state index in [0.717, 1.165) is 29.9 Å². The van der Waals surface area contributed by atoms with Crippen LogP contribution in [0.4, 0.5) is 10.1 Å². The fraction of sp³-hybridized carbons (Fsp3) is 0.192. The van der Waals surface area contributed by atoms with E-state index in [0.29, 0.717) is 0 Å². The molecule has 2 aromatic carbocycles. The van der Waals surface area contributed by atoms with Crippen molar-refractivity contribution in [2.75, 3.05) is 5.32 Å². The van der Waals surface area contributed by atoms with Crippen molar-refractivity contribution in [2.45, 2.75) is 32.9 Å². The minimum atomic E-state index is -0.244. The number of anilines is 1. The van der Waals surface area contributed by atoms with Crippen molar-refractivity contribution in [1.29, 1.82) is 0 Å². The summed E-state index contributed by atoms with van der Waals surface area (Å²) in [7, 11) is 0. The Hall–Kier alpha value is -3.11. The first-order valence-corrected chi connectivity index (χ1v) is 10.2. The molecule has 0 aliphatic heterocycles. The molecule has 4 rings (SSSR count). The summed E-state index contributed by atoms with van der Waals surface area (Å²) in [6.07, 6.45) is 4.57. The fourth-order valence-electron chi connectivity index (χ4n) is 4.05. The molecule has 3 nitrogen and oxygen atoms in total. The molecule has 5 heteroatoms. The fourth-order valence-corrected chi connectivity index (χ4v) is 4.05. The lowest BCUT2D eigenvalue weighted by Gasteiger charge is -2.22. The molecule has 0 aliphatic rings. The first kappa shape index (κ1) is 22.6. The van der Waals surface area contributed by atoms with Crippen LogP contribution in [0.3, 0.4) is 0 Å². The Labute approximate surface area is 189 Å². The van der Waals surface area contributed by atoms with Crippen LogP contribution >= 0.6 is 12.4 Å². The quantitative estimate of drug-likeness (QED) is 0.323. The van der Waals surface area contributed by atoms with Crippen LogP contribution < -0.4 is 5.32 Å². The molecule has 0 spiro atoms. The summed E-state index contributed by atoms with van der Waals surface area (Å²) in [5.74, 6) is -0.244. The standard InChI is InChI=1S/C26H26FN3.ClH/c1-4-16-30-19(3)18(2)23-14-15-28-25(26(23)30)24(17-20-8-6-5-7-9-20)29-22-12-10-21(27)11-13-22;/h4-15,24,29H,1,16-17H2,2-3H3;1H. The molecule has 0 amide bonds. The summed E-state index contributed by atoms with van der Waals surface area (Å²) < 4.78 is 15.7. The molecule has 0 saturated carbocycles. The van der Waals surface area contributed by atoms with Gasteiger partial charge in [-0.05, 0) is 61.7 Å². The van der Waals surface area contributed by atoms with Gasteiger partial charge in [0.1, 0.15) is 5.82 Å². The second-order valence-corrected chi connectivity index (χ2v) is 7.60. The molecule has 2 aromatic heterocycles. The van der Waals surface area contributed by atoms with E-state index in [1.807, 2.05) is 30.5 Å². The highest BCUT2D eigenvalue weighted by Gasteiger charge is 2.22. The molecule has 0 aliphatic carbocycles. The molecular weight excluding hydrogens is 409 g/mol. The summed E-state index contributed by atoms with van der Waals surface area (Å²) in [6, 6.07) is 18.9. The molecule has 0 radical (unpaired) electrons. The van der Waals surface area contributed by atoms with Crippen molar-refractivity contribution >= 4 is 29.0 Å². The van der Waals surface area contributed by atoms with E-state index in [2.05, 4.69) is 48.5 Å². The molecule has 0 fully saturated rings. The van der Waals surface area contributed by atoms with E-state index >= 15 is 0 Å². The number of nitrogens with zero attached hydrogens (tertiary/aromatic N) is 2. The van der Waals surface area contributed by atoms with E-state index in [1.54, 1.807) is 12.1 Å². The van der Waals surface area contributed by atoms with Crippen LogP contribution in [0.25, 0.3) is 10.9 Å². The minimum Gasteiger partial charge on any atom is -0.376 e. The molecule has 1 unspecified atom stereocenters. The smallest absolute Gasteiger partial charge is 0.123 e. The maximum absolute atomic E-state index is 13.4. The van der Waals surface area contributed by atoms with Gasteiger partial charge in [-0.25, -0.2) is 4.39 Å². The van der Waals surface area contributed by atoms with E-state index < -0.39 is 0 Å². The number of aromatic nitrogens is 2. The van der Waals surface area contributed by atoms with E-state index in [1.165, 1.54) is 34.3 Å². The number of halogens is 2. The van der Waals surface area contributed by atoms with Crippen LogP contribution in [0.1, 0.15) is 28.6 Å². The van der Waals surface area contributed by atoms with E-state index in [9.17, 15) is 4.39 Å². The maximum atomic E-state index is 13.4. The van der Waals surface area contributed by atoms with E-state index in [-0.39, 0.29) is 24.3 Å². The number of fused-ring (bicyclic) bond motifs is 1. The average molecular weight is 436 g/mol. The van der Waals surface area contributed by atoms with Gasteiger partial charge < -0.3 is 9.88 Å². The summed E-state index contributed by atoms with van der Waals surface area (Å²) in [5, 5.41) is 4.80. The van der Waals surface area contributed by atoms with Gasteiger partial charge in [0, 0.05) is 29.5 Å². The Bertz CT molecular complexity index is 1170. The normalized spacial score (nSPS) is 11.7. The Morgan fingerprint density at radius 3 is 2.45 bits per heavy atom. The van der Waals surface area contributed by atoms with Crippen LogP contribution in [-0.4, -0.2) is 9.55 Å². The van der Waals surface area contributed by atoms with Gasteiger partial charge in [0.2, 0.25) is 0 Å². The second-order valence-electron chi connectivity index (χ2n) is 7.60. The second kappa shape index (κ2) is 9.80. The van der Waals surface area contributed by atoms with Crippen molar-refractivity contribution < 1.29 is 4.39 Å². The summed E-state index contributed by atoms with van der Waals surface area (Å²) in [6.45, 7) is 8.96. The molecule has 1 N–H and O–H groups in total. The van der Waals surface area contributed by atoms with Gasteiger partial charge in [0.05, 0.1) is 17.3 Å². The van der Waals surface area contributed by atoms with Crippen molar-refractivity contribution in [3.05, 3.63) is 108 Å². The van der Waals surface area contributed by atoms with E-state index in [4.69, 9.17) is 4.98 Å². The van der Waals surface area contributed by atoms with Gasteiger partial charge in [-0.15, -0.1) is 19.0 Å². The Kier molecular flexibility index (Phi) is 7.13. The molecule has 2 heterocycles. The molecule has 4 aromatic rings. The largest absolute Gasteiger partial charge is 0.376 e. The van der Waals surface area contributed by atoms with Gasteiger partial charge in [-0.1, -0.05) is 36.4 Å². The van der Waals surface area contributed by atoms with Crippen molar-refractivity contribution in [1.82, 2.24) is 9.55 Å². The highest BCUT2D eigenvalue weighted by atomic mass is 35.5. The molecule has 0 saturated heterocycles. The van der Waals surface area contributed by atoms with Gasteiger partial charge in [0.15, 0.2) is 0 Å². The van der Waals surface area contributed by atoms with Gasteiger partial charge >= 0.3 is 0 Å². The molecule has 160 valence electrons. The van der Waals surface area contributed by atoms with Crippen LogP contribution in [0, 0.1) is 19.7 Å².